The molecule has 18 heavy (non-hydrogen) atoms. The van der Waals surface area contributed by atoms with E-state index < -0.39 is 0 Å². The summed E-state index contributed by atoms with van der Waals surface area (Å²) in [5.41, 5.74) is 1.80. The molecule has 1 N–H and O–H groups in total. The highest BCUT2D eigenvalue weighted by Crippen LogP contribution is 2.35. The van der Waals surface area contributed by atoms with Crippen LogP contribution in [-0.2, 0) is 11.2 Å². The molecule has 1 aromatic carbocycles. The minimum atomic E-state index is 0.131. The van der Waals surface area contributed by atoms with Gasteiger partial charge in [0.25, 0.3) is 0 Å². The molecule has 0 saturated heterocycles. The maximum Gasteiger partial charge on any atom is 0.217 e. The van der Waals surface area contributed by atoms with E-state index in [0.29, 0.717) is 24.5 Å². The second-order valence-corrected chi connectivity index (χ2v) is 4.28. The van der Waals surface area contributed by atoms with Crippen molar-refractivity contribution in [2.24, 2.45) is 0 Å². The zero-order valence-corrected chi connectivity index (χ0v) is 11.1. The van der Waals surface area contributed by atoms with Gasteiger partial charge in [-0.15, -0.1) is 0 Å². The molecule has 0 radical (unpaired) electrons. The molecule has 0 amide bonds. The Bertz CT molecular complexity index is 457. The lowest BCUT2D eigenvalue weighted by Crippen LogP contribution is -2.08. The molecule has 0 bridgehead atoms. The van der Waals surface area contributed by atoms with Gasteiger partial charge in [-0.2, -0.15) is 0 Å². The Balaban J connectivity index is 2.38. The lowest BCUT2D eigenvalue weighted by molar-refractivity contribution is 0.254. The summed E-state index contributed by atoms with van der Waals surface area (Å²) < 4.78 is 16.5. The van der Waals surface area contributed by atoms with Crippen molar-refractivity contribution in [2.75, 3.05) is 13.2 Å². The van der Waals surface area contributed by atoms with Crippen LogP contribution in [-0.4, -0.2) is 25.2 Å². The number of benzene rings is 1. The highest BCUT2D eigenvalue weighted by molar-refractivity contribution is 5.95. The van der Waals surface area contributed by atoms with Gasteiger partial charge in [0, 0.05) is 12.0 Å². The predicted molar refractivity (Wildman–Crippen MR) is 69.9 cm³/mol. The van der Waals surface area contributed by atoms with Crippen molar-refractivity contribution in [1.82, 2.24) is 0 Å². The second kappa shape index (κ2) is 5.29. The molecule has 0 saturated carbocycles. The highest BCUT2D eigenvalue weighted by atomic mass is 16.5. The van der Waals surface area contributed by atoms with Gasteiger partial charge in [0.2, 0.25) is 5.90 Å². The molecule has 1 aromatic rings. The van der Waals surface area contributed by atoms with Gasteiger partial charge in [0.05, 0.1) is 18.8 Å². The summed E-state index contributed by atoms with van der Waals surface area (Å²) in [6.45, 7) is 6.87. The molecular weight excluding hydrogens is 230 g/mol. The fourth-order valence-corrected chi connectivity index (χ4v) is 2.11. The lowest BCUT2D eigenvalue weighted by atomic mass is 10.1. The molecule has 4 nitrogen and oxygen atoms in total. The highest BCUT2D eigenvalue weighted by Gasteiger charge is 2.23. The largest absolute Gasteiger partial charge is 0.493 e. The zero-order chi connectivity index (χ0) is 13.1. The molecule has 1 unspecified atom stereocenters. The third-order valence-corrected chi connectivity index (χ3v) is 2.83. The van der Waals surface area contributed by atoms with Gasteiger partial charge < -0.3 is 14.2 Å². The van der Waals surface area contributed by atoms with Crippen molar-refractivity contribution in [3.8, 4) is 11.5 Å². The van der Waals surface area contributed by atoms with Crippen molar-refractivity contribution in [1.29, 1.82) is 5.41 Å². The van der Waals surface area contributed by atoms with E-state index in [0.717, 1.165) is 17.7 Å². The van der Waals surface area contributed by atoms with Crippen molar-refractivity contribution >= 4 is 5.90 Å². The Morgan fingerprint density at radius 2 is 2.17 bits per heavy atom. The third-order valence-electron chi connectivity index (χ3n) is 2.83. The van der Waals surface area contributed by atoms with Crippen LogP contribution in [0.5, 0.6) is 11.5 Å². The smallest absolute Gasteiger partial charge is 0.217 e. The minimum Gasteiger partial charge on any atom is -0.493 e. The first kappa shape index (κ1) is 12.7. The molecule has 1 heterocycles. The quantitative estimate of drug-likeness (QED) is 0.659. The Morgan fingerprint density at radius 1 is 1.39 bits per heavy atom. The molecule has 0 aliphatic carbocycles. The van der Waals surface area contributed by atoms with E-state index in [-0.39, 0.29) is 12.0 Å². The monoisotopic (exact) mass is 249 g/mol. The van der Waals surface area contributed by atoms with Crippen LogP contribution in [0.4, 0.5) is 0 Å². The Hall–Kier alpha value is -1.71. The summed E-state index contributed by atoms with van der Waals surface area (Å²) in [6, 6.07) is 3.81. The summed E-state index contributed by atoms with van der Waals surface area (Å²) in [6.07, 6.45) is 1.07. The van der Waals surface area contributed by atoms with E-state index in [2.05, 4.69) is 0 Å². The molecule has 4 heteroatoms. The SMILES string of the molecule is CCOC(=N)c1cc2c(cc1OCC)CC(C)O2. The first-order chi connectivity index (χ1) is 8.65. The van der Waals surface area contributed by atoms with Gasteiger partial charge in [-0.05, 0) is 32.9 Å². The number of ether oxygens (including phenoxy) is 3. The third kappa shape index (κ3) is 2.42. The van der Waals surface area contributed by atoms with Crippen molar-refractivity contribution in [2.45, 2.75) is 33.3 Å². The molecule has 1 atom stereocenters. The van der Waals surface area contributed by atoms with Gasteiger partial charge in [0.1, 0.15) is 17.6 Å². The van der Waals surface area contributed by atoms with Crippen LogP contribution in [0.25, 0.3) is 0 Å². The maximum atomic E-state index is 7.90. The molecule has 1 aliphatic rings. The zero-order valence-electron chi connectivity index (χ0n) is 11.1. The summed E-state index contributed by atoms with van der Waals surface area (Å²) in [7, 11) is 0. The van der Waals surface area contributed by atoms with Crippen LogP contribution in [0.15, 0.2) is 12.1 Å². The normalized spacial score (nSPS) is 16.9. The van der Waals surface area contributed by atoms with E-state index in [1.807, 2.05) is 32.9 Å². The lowest BCUT2D eigenvalue weighted by Gasteiger charge is -2.13. The van der Waals surface area contributed by atoms with E-state index in [1.165, 1.54) is 0 Å². The first-order valence-corrected chi connectivity index (χ1v) is 6.33. The summed E-state index contributed by atoms with van der Waals surface area (Å²) in [5.74, 6) is 1.67. The van der Waals surface area contributed by atoms with E-state index in [1.54, 1.807) is 0 Å². The first-order valence-electron chi connectivity index (χ1n) is 6.33. The van der Waals surface area contributed by atoms with Crippen LogP contribution in [0, 0.1) is 5.41 Å². The fourth-order valence-electron chi connectivity index (χ4n) is 2.11. The minimum absolute atomic E-state index is 0.131. The molecule has 0 fully saturated rings. The van der Waals surface area contributed by atoms with Crippen LogP contribution in [0.2, 0.25) is 0 Å². The van der Waals surface area contributed by atoms with E-state index >= 15 is 0 Å². The Labute approximate surface area is 107 Å². The number of fused-ring (bicyclic) bond motifs is 1. The molecular formula is C14H19NO3. The summed E-state index contributed by atoms with van der Waals surface area (Å²) in [5, 5.41) is 7.90. The average Bonchev–Trinajstić information content (AvgIpc) is 2.68. The molecule has 2 rings (SSSR count). The van der Waals surface area contributed by atoms with Crippen molar-refractivity contribution < 1.29 is 14.2 Å². The second-order valence-electron chi connectivity index (χ2n) is 4.28. The Kier molecular flexibility index (Phi) is 3.75. The van der Waals surface area contributed by atoms with Crippen LogP contribution in [0.3, 0.4) is 0 Å². The van der Waals surface area contributed by atoms with Gasteiger partial charge in [-0.3, -0.25) is 5.41 Å². The van der Waals surface area contributed by atoms with Gasteiger partial charge in [0.15, 0.2) is 0 Å². The van der Waals surface area contributed by atoms with Crippen LogP contribution in [0.1, 0.15) is 31.9 Å². The van der Waals surface area contributed by atoms with Crippen molar-refractivity contribution in [3.05, 3.63) is 23.3 Å². The summed E-state index contributed by atoms with van der Waals surface area (Å²) >= 11 is 0. The molecule has 0 spiro atoms. The number of nitrogens with one attached hydrogen (secondary N) is 1. The van der Waals surface area contributed by atoms with Gasteiger partial charge in [-0.25, -0.2) is 0 Å². The standard InChI is InChI=1S/C14H19NO3/c1-4-16-13-7-10-6-9(3)18-12(10)8-11(13)14(15)17-5-2/h7-9,15H,4-6H2,1-3H3. The Morgan fingerprint density at radius 3 is 2.83 bits per heavy atom. The topological polar surface area (TPSA) is 51.5 Å². The number of rotatable bonds is 4. The number of hydrogen-bond donors (Lipinski definition) is 1. The van der Waals surface area contributed by atoms with Crippen molar-refractivity contribution in [3.63, 3.8) is 0 Å². The molecule has 0 aromatic heterocycles. The van der Waals surface area contributed by atoms with Gasteiger partial charge in [-0.1, -0.05) is 0 Å². The van der Waals surface area contributed by atoms with E-state index in [4.69, 9.17) is 19.6 Å². The van der Waals surface area contributed by atoms with Gasteiger partial charge >= 0.3 is 0 Å². The summed E-state index contributed by atoms with van der Waals surface area (Å²) in [4.78, 5) is 0. The van der Waals surface area contributed by atoms with Crippen LogP contribution < -0.4 is 9.47 Å². The number of hydrogen-bond acceptors (Lipinski definition) is 4. The average molecular weight is 249 g/mol. The van der Waals surface area contributed by atoms with Crippen LogP contribution >= 0.6 is 0 Å². The fraction of sp³-hybridized carbons (Fsp3) is 0.500. The molecule has 98 valence electrons. The maximum absolute atomic E-state index is 7.90. The van der Waals surface area contributed by atoms with E-state index in [9.17, 15) is 0 Å². The molecule has 1 aliphatic heterocycles. The predicted octanol–water partition coefficient (Wildman–Crippen LogP) is 2.77.